The summed E-state index contributed by atoms with van der Waals surface area (Å²) in [6.07, 6.45) is 7.17. The topological polar surface area (TPSA) is 28.3 Å². The van der Waals surface area contributed by atoms with Crippen molar-refractivity contribution in [2.45, 2.75) is 39.2 Å². The Morgan fingerprint density at radius 1 is 1.10 bits per heavy atom. The first-order chi connectivity index (χ1) is 14.3. The maximum atomic E-state index is 6.03. The molecule has 1 N–H and O–H groups in total. The van der Waals surface area contributed by atoms with Gasteiger partial charge >= 0.3 is 0 Å². The van der Waals surface area contributed by atoms with E-state index in [9.17, 15) is 0 Å². The molecule has 0 radical (unpaired) electrons. The summed E-state index contributed by atoms with van der Waals surface area (Å²) in [6, 6.07) is 19.1. The molecule has 0 amide bonds. The first kappa shape index (κ1) is 20.2. The van der Waals surface area contributed by atoms with E-state index in [0.29, 0.717) is 5.92 Å². The van der Waals surface area contributed by atoms with Gasteiger partial charge in [0.15, 0.2) is 0 Å². The lowest BCUT2D eigenvalue weighted by Gasteiger charge is -2.20. The zero-order valence-electron chi connectivity index (χ0n) is 17.6. The van der Waals surface area contributed by atoms with Gasteiger partial charge in [0.1, 0.15) is 0 Å². The number of nitrogens with zero attached hydrogens (tertiary/aromatic N) is 1. The standard InChI is InChI=1S/C26H34N2O/c1-2-21(19-29-20-22-8-4-3-5-9-22)16-23-12-14-28(18-23)15-13-24-17-27-26-11-7-6-10-25(24)26/h3-11,17,21,23,27H,2,12-16,18-20H2,1H3. The number of para-hydroxylation sites is 1. The molecule has 2 heterocycles. The lowest BCUT2D eigenvalue weighted by molar-refractivity contribution is 0.0769. The van der Waals surface area contributed by atoms with E-state index in [1.165, 1.54) is 60.9 Å². The molecule has 3 nitrogen and oxygen atoms in total. The molecule has 0 spiro atoms. The van der Waals surface area contributed by atoms with E-state index in [0.717, 1.165) is 25.6 Å². The summed E-state index contributed by atoms with van der Waals surface area (Å²) >= 11 is 0. The molecule has 3 aromatic rings. The van der Waals surface area contributed by atoms with Crippen LogP contribution in [-0.4, -0.2) is 36.1 Å². The van der Waals surface area contributed by atoms with Crippen molar-refractivity contribution in [3.63, 3.8) is 0 Å². The maximum absolute atomic E-state index is 6.03. The van der Waals surface area contributed by atoms with Gasteiger partial charge in [-0.1, -0.05) is 61.9 Å². The number of benzene rings is 2. The van der Waals surface area contributed by atoms with E-state index >= 15 is 0 Å². The van der Waals surface area contributed by atoms with E-state index < -0.39 is 0 Å². The van der Waals surface area contributed by atoms with Crippen molar-refractivity contribution in [2.24, 2.45) is 11.8 Å². The molecule has 154 valence electrons. The third kappa shape index (κ3) is 5.49. The smallest absolute Gasteiger partial charge is 0.0717 e. The predicted octanol–water partition coefficient (Wildman–Crippen LogP) is 5.67. The first-order valence-electron chi connectivity index (χ1n) is 11.2. The van der Waals surface area contributed by atoms with Gasteiger partial charge in [-0.15, -0.1) is 0 Å². The second kappa shape index (κ2) is 10.1. The number of hydrogen-bond donors (Lipinski definition) is 1. The minimum Gasteiger partial charge on any atom is -0.376 e. The Bertz CT molecular complexity index is 873. The van der Waals surface area contributed by atoms with Crippen molar-refractivity contribution in [1.82, 2.24) is 9.88 Å². The van der Waals surface area contributed by atoms with Gasteiger partial charge in [0, 0.05) is 36.8 Å². The van der Waals surface area contributed by atoms with Crippen molar-refractivity contribution in [3.05, 3.63) is 71.9 Å². The van der Waals surface area contributed by atoms with Crippen LogP contribution >= 0.6 is 0 Å². The molecule has 1 fully saturated rings. The zero-order valence-corrected chi connectivity index (χ0v) is 17.6. The van der Waals surface area contributed by atoms with Crippen LogP contribution in [0.4, 0.5) is 0 Å². The van der Waals surface area contributed by atoms with Crippen molar-refractivity contribution >= 4 is 10.9 Å². The summed E-state index contributed by atoms with van der Waals surface area (Å²) in [7, 11) is 0. The van der Waals surface area contributed by atoms with Gasteiger partial charge in [0.2, 0.25) is 0 Å². The Morgan fingerprint density at radius 3 is 2.79 bits per heavy atom. The largest absolute Gasteiger partial charge is 0.376 e. The van der Waals surface area contributed by atoms with Crippen LogP contribution in [0, 0.1) is 11.8 Å². The maximum Gasteiger partial charge on any atom is 0.0717 e. The summed E-state index contributed by atoms with van der Waals surface area (Å²) < 4.78 is 6.03. The number of likely N-dealkylation sites (tertiary alicyclic amines) is 1. The highest BCUT2D eigenvalue weighted by atomic mass is 16.5. The van der Waals surface area contributed by atoms with Gasteiger partial charge in [0.05, 0.1) is 6.61 Å². The monoisotopic (exact) mass is 390 g/mol. The molecular formula is C26H34N2O. The van der Waals surface area contributed by atoms with Gasteiger partial charge in [-0.3, -0.25) is 0 Å². The van der Waals surface area contributed by atoms with Crippen LogP contribution in [0.1, 0.15) is 37.3 Å². The number of rotatable bonds is 10. The highest BCUT2D eigenvalue weighted by Crippen LogP contribution is 2.26. The molecule has 4 rings (SSSR count). The fourth-order valence-electron chi connectivity index (χ4n) is 4.67. The molecule has 2 atom stereocenters. The van der Waals surface area contributed by atoms with Gasteiger partial charge < -0.3 is 14.6 Å². The average molecular weight is 391 g/mol. The SMILES string of the molecule is CCC(COCc1ccccc1)CC1CCN(CCc2c[nH]c3ccccc23)C1. The fraction of sp³-hybridized carbons (Fsp3) is 0.462. The third-order valence-corrected chi connectivity index (χ3v) is 6.45. The second-order valence-corrected chi connectivity index (χ2v) is 8.58. The van der Waals surface area contributed by atoms with Crippen LogP contribution in [0.15, 0.2) is 60.8 Å². The minimum absolute atomic E-state index is 0.678. The Balaban J connectivity index is 1.19. The van der Waals surface area contributed by atoms with Crippen molar-refractivity contribution in [1.29, 1.82) is 0 Å². The minimum atomic E-state index is 0.678. The van der Waals surface area contributed by atoms with E-state index in [1.807, 2.05) is 0 Å². The van der Waals surface area contributed by atoms with Crippen LogP contribution in [0.3, 0.4) is 0 Å². The zero-order chi connectivity index (χ0) is 19.9. The molecule has 1 aliphatic heterocycles. The van der Waals surface area contributed by atoms with Crippen LogP contribution in [0.5, 0.6) is 0 Å². The van der Waals surface area contributed by atoms with Gasteiger partial charge in [0.25, 0.3) is 0 Å². The first-order valence-corrected chi connectivity index (χ1v) is 11.2. The van der Waals surface area contributed by atoms with Crippen molar-refractivity contribution in [3.8, 4) is 0 Å². The molecule has 1 aromatic heterocycles. The van der Waals surface area contributed by atoms with Crippen molar-refractivity contribution < 1.29 is 4.74 Å². The average Bonchev–Trinajstić information content (AvgIpc) is 3.39. The third-order valence-electron chi connectivity index (χ3n) is 6.45. The number of nitrogens with one attached hydrogen (secondary N) is 1. The molecule has 0 bridgehead atoms. The molecule has 29 heavy (non-hydrogen) atoms. The Labute approximate surface area is 175 Å². The summed E-state index contributed by atoms with van der Waals surface area (Å²) in [5.41, 5.74) is 3.97. The molecule has 0 aliphatic carbocycles. The van der Waals surface area contributed by atoms with Gasteiger partial charge in [-0.2, -0.15) is 0 Å². The lowest BCUT2D eigenvalue weighted by atomic mass is 9.92. The Kier molecular flexibility index (Phi) is 7.02. The molecule has 0 saturated carbocycles. The second-order valence-electron chi connectivity index (χ2n) is 8.58. The molecule has 2 aromatic carbocycles. The molecule has 1 saturated heterocycles. The lowest BCUT2D eigenvalue weighted by Crippen LogP contribution is -2.24. The highest BCUT2D eigenvalue weighted by Gasteiger charge is 2.24. The number of fused-ring (bicyclic) bond motifs is 1. The van der Waals surface area contributed by atoms with Gasteiger partial charge in [-0.25, -0.2) is 0 Å². The summed E-state index contributed by atoms with van der Waals surface area (Å²) in [5, 5.41) is 1.38. The Morgan fingerprint density at radius 2 is 1.93 bits per heavy atom. The number of hydrogen-bond acceptors (Lipinski definition) is 2. The fourth-order valence-corrected chi connectivity index (χ4v) is 4.67. The number of aromatic nitrogens is 1. The van der Waals surface area contributed by atoms with Crippen LogP contribution in [-0.2, 0) is 17.8 Å². The van der Waals surface area contributed by atoms with E-state index in [1.54, 1.807) is 0 Å². The van der Waals surface area contributed by atoms with Crippen LogP contribution < -0.4 is 0 Å². The normalized spacial score (nSPS) is 18.4. The Hall–Kier alpha value is -2.10. The van der Waals surface area contributed by atoms with Gasteiger partial charge in [-0.05, 0) is 54.8 Å². The van der Waals surface area contributed by atoms with Crippen LogP contribution in [0.2, 0.25) is 0 Å². The number of H-pyrrole nitrogens is 1. The quantitative estimate of drug-likeness (QED) is 0.483. The number of ether oxygens (including phenoxy) is 1. The van der Waals surface area contributed by atoms with Crippen LogP contribution in [0.25, 0.3) is 10.9 Å². The summed E-state index contributed by atoms with van der Waals surface area (Å²) in [5.74, 6) is 1.50. The van der Waals surface area contributed by atoms with E-state index in [-0.39, 0.29) is 0 Å². The molecule has 3 heteroatoms. The van der Waals surface area contributed by atoms with E-state index in [4.69, 9.17) is 4.74 Å². The highest BCUT2D eigenvalue weighted by molar-refractivity contribution is 5.83. The summed E-state index contributed by atoms with van der Waals surface area (Å²) in [6.45, 7) is 7.59. The summed E-state index contributed by atoms with van der Waals surface area (Å²) in [4.78, 5) is 6.06. The number of aromatic amines is 1. The molecule has 1 aliphatic rings. The predicted molar refractivity (Wildman–Crippen MR) is 121 cm³/mol. The van der Waals surface area contributed by atoms with E-state index in [2.05, 4.69) is 77.6 Å². The molecule has 2 unspecified atom stereocenters. The molecular weight excluding hydrogens is 356 g/mol. The van der Waals surface area contributed by atoms with Crippen molar-refractivity contribution in [2.75, 3.05) is 26.2 Å².